The molecule has 0 unspecified atom stereocenters. The van der Waals surface area contributed by atoms with Gasteiger partial charge in [0, 0.05) is 13.2 Å². The van der Waals surface area contributed by atoms with Gasteiger partial charge in [0.2, 0.25) is 17.6 Å². The highest BCUT2D eigenvalue weighted by atomic mass is 16.5. The average Bonchev–Trinajstić information content (AvgIpc) is 3.78. The van der Waals surface area contributed by atoms with Crippen LogP contribution >= 0.6 is 0 Å². The molecule has 1 N–H and O–H groups in total. The number of hydrogen-bond acceptors (Lipinski definition) is 9. The van der Waals surface area contributed by atoms with Gasteiger partial charge in [0.25, 0.3) is 0 Å². The Labute approximate surface area is 237 Å². The van der Waals surface area contributed by atoms with Gasteiger partial charge >= 0.3 is 0 Å². The largest absolute Gasteiger partial charge is 0.493 e. The molecule has 0 bridgehead atoms. The first kappa shape index (κ1) is 28.0. The minimum atomic E-state index is -1.09. The van der Waals surface area contributed by atoms with Gasteiger partial charge in [-0.25, -0.2) is 4.68 Å². The maximum Gasteiger partial charge on any atom is 0.247 e. The number of carbonyl (C=O) groups excluding carboxylic acids is 2. The molecule has 0 saturated carbocycles. The first-order valence-corrected chi connectivity index (χ1v) is 13.3. The fourth-order valence-corrected chi connectivity index (χ4v) is 5.00. The third-order valence-electron chi connectivity index (χ3n) is 7.02. The fourth-order valence-electron chi connectivity index (χ4n) is 5.00. The van der Waals surface area contributed by atoms with E-state index in [4.69, 9.17) is 23.4 Å². The number of hydrogen-bond donors (Lipinski definition) is 1. The van der Waals surface area contributed by atoms with Crippen molar-refractivity contribution in [1.29, 1.82) is 0 Å². The van der Waals surface area contributed by atoms with E-state index in [9.17, 15) is 9.59 Å². The Morgan fingerprint density at radius 3 is 2.54 bits per heavy atom. The van der Waals surface area contributed by atoms with Crippen molar-refractivity contribution in [3.05, 3.63) is 66.1 Å². The van der Waals surface area contributed by atoms with E-state index in [1.807, 2.05) is 24.3 Å². The van der Waals surface area contributed by atoms with Gasteiger partial charge in [-0.2, -0.15) is 0 Å². The highest BCUT2D eigenvalue weighted by Gasteiger charge is 2.35. The molecule has 1 saturated heterocycles. The number of rotatable bonds is 12. The number of nitrogens with zero attached hydrogens (tertiary/aromatic N) is 4. The zero-order valence-electron chi connectivity index (χ0n) is 23.2. The molecule has 2 aromatic heterocycles. The van der Waals surface area contributed by atoms with Gasteiger partial charge < -0.3 is 33.6 Å². The van der Waals surface area contributed by atoms with Crippen molar-refractivity contribution in [2.75, 3.05) is 34.5 Å². The van der Waals surface area contributed by atoms with Crippen LogP contribution in [0.1, 0.15) is 30.2 Å². The Bertz CT molecular complexity index is 1450. The molecule has 1 fully saturated rings. The monoisotopic (exact) mass is 563 g/mol. The molecule has 4 aromatic rings. The van der Waals surface area contributed by atoms with Crippen LogP contribution in [0.5, 0.6) is 17.2 Å². The summed E-state index contributed by atoms with van der Waals surface area (Å²) in [6.07, 6.45) is 3.22. The molecule has 216 valence electrons. The van der Waals surface area contributed by atoms with Crippen molar-refractivity contribution in [1.82, 2.24) is 25.2 Å². The Morgan fingerprint density at radius 2 is 1.88 bits per heavy atom. The molecule has 5 rings (SSSR count). The van der Waals surface area contributed by atoms with Crippen LogP contribution < -0.4 is 19.5 Å². The zero-order valence-corrected chi connectivity index (χ0v) is 23.2. The molecule has 1 aliphatic heterocycles. The maximum atomic E-state index is 14.1. The first-order valence-electron chi connectivity index (χ1n) is 13.3. The van der Waals surface area contributed by atoms with Gasteiger partial charge in [0.05, 0.1) is 45.8 Å². The molecule has 12 nitrogen and oxygen atoms in total. The van der Waals surface area contributed by atoms with Crippen molar-refractivity contribution in [2.24, 2.45) is 0 Å². The summed E-state index contributed by atoms with van der Waals surface area (Å²) in [7, 11) is 4.49. The molecule has 0 spiro atoms. The molecule has 2 amide bonds. The normalized spacial score (nSPS) is 15.4. The lowest BCUT2D eigenvalue weighted by Gasteiger charge is -2.31. The number of nitrogens with one attached hydrogen (secondary N) is 1. The van der Waals surface area contributed by atoms with Crippen LogP contribution in [0.15, 0.2) is 59.2 Å². The molecule has 12 heteroatoms. The standard InChI is InChI=1S/C29H33N5O7/c1-37-24-14-19(15-25(38-2)28(24)39-3)27(29(36)30-16-20-8-6-12-40-20)33(17-21-9-7-13-41-21)26(35)18-34-23-11-5-4-10-22(23)31-32-34/h4-5,7,9-11,13-15,20,27H,6,8,12,16-18H2,1-3H3,(H,30,36)/t20-,27+/m1/s1. The number of fused-ring (bicyclic) bond motifs is 1. The summed E-state index contributed by atoms with van der Waals surface area (Å²) in [4.78, 5) is 29.6. The predicted octanol–water partition coefficient (Wildman–Crippen LogP) is 3.12. The first-order chi connectivity index (χ1) is 20.0. The van der Waals surface area contributed by atoms with Crippen LogP contribution in [0.2, 0.25) is 0 Å². The zero-order chi connectivity index (χ0) is 28.8. The molecule has 1 aliphatic rings. The van der Waals surface area contributed by atoms with Gasteiger partial charge in [-0.05, 0) is 54.8 Å². The number of ether oxygens (including phenoxy) is 4. The lowest BCUT2D eigenvalue weighted by atomic mass is 10.0. The minimum Gasteiger partial charge on any atom is -0.493 e. The predicted molar refractivity (Wildman–Crippen MR) is 148 cm³/mol. The van der Waals surface area contributed by atoms with Crippen molar-refractivity contribution < 1.29 is 33.0 Å². The van der Waals surface area contributed by atoms with Crippen molar-refractivity contribution in [3.8, 4) is 17.2 Å². The van der Waals surface area contributed by atoms with E-state index in [1.54, 1.807) is 24.3 Å². The van der Waals surface area contributed by atoms with E-state index in [2.05, 4.69) is 15.6 Å². The SMILES string of the molecule is COc1cc([C@@H](C(=O)NC[C@H]2CCCO2)N(Cc2ccco2)C(=O)Cn2nnc3ccccc32)cc(OC)c1OC. The van der Waals surface area contributed by atoms with Crippen LogP contribution in [-0.2, 0) is 27.4 Å². The molecule has 0 radical (unpaired) electrons. The van der Waals surface area contributed by atoms with Crippen molar-refractivity contribution in [2.45, 2.75) is 38.1 Å². The molecule has 41 heavy (non-hydrogen) atoms. The lowest BCUT2D eigenvalue weighted by molar-refractivity contribution is -0.142. The third-order valence-corrected chi connectivity index (χ3v) is 7.02. The van der Waals surface area contributed by atoms with E-state index in [0.717, 1.165) is 12.8 Å². The van der Waals surface area contributed by atoms with Crippen molar-refractivity contribution >= 4 is 22.8 Å². The number of amides is 2. The Balaban J connectivity index is 1.56. The Hall–Kier alpha value is -4.58. The fraction of sp³-hybridized carbons (Fsp3) is 0.379. The van der Waals surface area contributed by atoms with E-state index < -0.39 is 11.9 Å². The topological polar surface area (TPSA) is 130 Å². The van der Waals surface area contributed by atoms with Crippen LogP contribution in [0.3, 0.4) is 0 Å². The lowest BCUT2D eigenvalue weighted by Crippen LogP contribution is -2.46. The second-order valence-corrected chi connectivity index (χ2v) is 9.58. The Morgan fingerprint density at radius 1 is 1.10 bits per heavy atom. The summed E-state index contributed by atoms with van der Waals surface area (Å²) < 4.78 is 29.5. The quantitative estimate of drug-likeness (QED) is 0.276. The average molecular weight is 564 g/mol. The van der Waals surface area contributed by atoms with Gasteiger partial charge in [0.1, 0.15) is 23.9 Å². The van der Waals surface area contributed by atoms with Crippen LogP contribution in [0, 0.1) is 0 Å². The van der Waals surface area contributed by atoms with Crippen LogP contribution in [0.4, 0.5) is 0 Å². The summed E-state index contributed by atoms with van der Waals surface area (Å²) in [6.45, 7) is 0.844. The van der Waals surface area contributed by atoms with Crippen molar-refractivity contribution in [3.63, 3.8) is 0 Å². The number of furan rings is 1. The number of aromatic nitrogens is 3. The van der Waals surface area contributed by atoms with Crippen LogP contribution in [0.25, 0.3) is 11.0 Å². The summed E-state index contributed by atoms with van der Waals surface area (Å²) in [5.74, 6) is 0.820. The highest BCUT2D eigenvalue weighted by Crippen LogP contribution is 2.41. The summed E-state index contributed by atoms with van der Waals surface area (Å²) in [6, 6.07) is 13.1. The molecular formula is C29H33N5O7. The van der Waals surface area contributed by atoms with Gasteiger partial charge in [-0.15, -0.1) is 5.10 Å². The van der Waals surface area contributed by atoms with Gasteiger partial charge in [-0.3, -0.25) is 9.59 Å². The van der Waals surface area contributed by atoms with Gasteiger partial charge in [-0.1, -0.05) is 17.3 Å². The van der Waals surface area contributed by atoms with E-state index in [-0.39, 0.29) is 25.1 Å². The van der Waals surface area contributed by atoms with E-state index in [0.29, 0.717) is 52.8 Å². The molecule has 0 aliphatic carbocycles. The number of methoxy groups -OCH3 is 3. The molecular weight excluding hydrogens is 530 g/mol. The van der Waals surface area contributed by atoms with E-state index >= 15 is 0 Å². The smallest absolute Gasteiger partial charge is 0.247 e. The molecule has 3 heterocycles. The number of para-hydroxylation sites is 1. The minimum absolute atomic E-state index is 0.0210. The summed E-state index contributed by atoms with van der Waals surface area (Å²) >= 11 is 0. The maximum absolute atomic E-state index is 14.1. The summed E-state index contributed by atoms with van der Waals surface area (Å²) in [5, 5.41) is 11.3. The molecule has 2 atom stereocenters. The van der Waals surface area contributed by atoms with Gasteiger partial charge in [0.15, 0.2) is 11.5 Å². The number of carbonyl (C=O) groups is 2. The molecule has 2 aromatic carbocycles. The Kier molecular flexibility index (Phi) is 8.68. The number of benzene rings is 2. The van der Waals surface area contributed by atoms with Crippen LogP contribution in [-0.4, -0.2) is 72.3 Å². The highest BCUT2D eigenvalue weighted by molar-refractivity contribution is 5.89. The summed E-state index contributed by atoms with van der Waals surface area (Å²) in [5.41, 5.74) is 1.83. The second kappa shape index (κ2) is 12.7. The second-order valence-electron chi connectivity index (χ2n) is 9.58. The van der Waals surface area contributed by atoms with E-state index in [1.165, 1.54) is 37.2 Å². The third kappa shape index (κ3) is 6.12.